The molecule has 0 spiro atoms. The minimum atomic E-state index is -0.666. The molecular formula is C20H13N3O5. The lowest BCUT2D eigenvalue weighted by Gasteiger charge is -1.98. The Kier molecular flexibility index (Phi) is 4.08. The van der Waals surface area contributed by atoms with Crippen LogP contribution in [0, 0.1) is 10.1 Å². The molecule has 138 valence electrons. The van der Waals surface area contributed by atoms with Gasteiger partial charge in [-0.2, -0.15) is 0 Å². The molecule has 0 unspecified atom stereocenters. The number of non-ortho nitro benzene ring substituents is 1. The molecular weight excluding hydrogens is 362 g/mol. The fourth-order valence-electron chi connectivity index (χ4n) is 3.01. The first-order valence-electron chi connectivity index (χ1n) is 8.32. The van der Waals surface area contributed by atoms with Gasteiger partial charge in [0.15, 0.2) is 5.70 Å². The number of carbonyl (C=O) groups excluding carboxylic acids is 2. The first kappa shape index (κ1) is 17.3. The highest BCUT2D eigenvalue weighted by Crippen LogP contribution is 2.26. The van der Waals surface area contributed by atoms with Crippen molar-refractivity contribution in [1.82, 2.24) is 4.57 Å². The summed E-state index contributed by atoms with van der Waals surface area (Å²) >= 11 is 0. The topological polar surface area (TPSA) is 104 Å². The molecule has 1 aromatic heterocycles. The summed E-state index contributed by atoms with van der Waals surface area (Å²) < 4.78 is 6.67. The molecule has 0 amide bonds. The number of hydrogen-bond donors (Lipinski definition) is 0. The third-order valence-corrected chi connectivity index (χ3v) is 4.30. The predicted octanol–water partition coefficient (Wildman–Crippen LogP) is 3.55. The van der Waals surface area contributed by atoms with Crippen molar-refractivity contribution in [3.63, 3.8) is 0 Å². The summed E-state index contributed by atoms with van der Waals surface area (Å²) in [5.74, 6) is -0.827. The number of cyclic esters (lactones) is 1. The molecule has 0 radical (unpaired) electrons. The van der Waals surface area contributed by atoms with Crippen LogP contribution in [-0.4, -0.2) is 27.3 Å². The van der Waals surface area contributed by atoms with Crippen LogP contribution in [0.4, 0.5) is 5.69 Å². The molecule has 2 aromatic carbocycles. The van der Waals surface area contributed by atoms with Gasteiger partial charge in [-0.25, -0.2) is 9.79 Å². The number of para-hydroxylation sites is 1. The summed E-state index contributed by atoms with van der Waals surface area (Å²) in [6.07, 6.45) is 3.17. The molecule has 0 aliphatic carbocycles. The van der Waals surface area contributed by atoms with E-state index >= 15 is 0 Å². The molecule has 3 aromatic rings. The van der Waals surface area contributed by atoms with Crippen molar-refractivity contribution in [3.8, 4) is 0 Å². The van der Waals surface area contributed by atoms with E-state index in [9.17, 15) is 19.7 Å². The van der Waals surface area contributed by atoms with Crippen molar-refractivity contribution in [1.29, 1.82) is 0 Å². The maximum Gasteiger partial charge on any atom is 0.363 e. The lowest BCUT2D eigenvalue weighted by Crippen LogP contribution is -2.05. The molecule has 8 heteroatoms. The van der Waals surface area contributed by atoms with Gasteiger partial charge < -0.3 is 4.74 Å². The molecule has 4 rings (SSSR count). The van der Waals surface area contributed by atoms with Crippen LogP contribution in [0.15, 0.2) is 65.4 Å². The largest absolute Gasteiger partial charge is 0.402 e. The summed E-state index contributed by atoms with van der Waals surface area (Å²) in [4.78, 5) is 38.7. The predicted molar refractivity (Wildman–Crippen MR) is 102 cm³/mol. The lowest BCUT2D eigenvalue weighted by molar-refractivity contribution is -0.384. The second kappa shape index (κ2) is 6.58. The Hall–Kier alpha value is -4.07. The zero-order chi connectivity index (χ0) is 19.8. The number of esters is 1. The van der Waals surface area contributed by atoms with Crippen molar-refractivity contribution >= 4 is 40.4 Å². The van der Waals surface area contributed by atoms with E-state index in [-0.39, 0.29) is 23.2 Å². The van der Waals surface area contributed by atoms with Gasteiger partial charge in [-0.05, 0) is 18.2 Å². The van der Waals surface area contributed by atoms with E-state index in [1.165, 1.54) is 35.8 Å². The van der Waals surface area contributed by atoms with Crippen molar-refractivity contribution in [2.24, 2.45) is 4.99 Å². The number of carbonyl (C=O) groups is 2. The number of nitrogens with zero attached hydrogens (tertiary/aromatic N) is 3. The Labute approximate surface area is 158 Å². The summed E-state index contributed by atoms with van der Waals surface area (Å²) in [5, 5.41) is 11.7. The molecule has 0 saturated heterocycles. The van der Waals surface area contributed by atoms with Crippen LogP contribution in [0.1, 0.15) is 22.8 Å². The maximum atomic E-state index is 12.2. The smallest absolute Gasteiger partial charge is 0.363 e. The van der Waals surface area contributed by atoms with Gasteiger partial charge in [0.25, 0.3) is 5.69 Å². The average Bonchev–Trinajstić information content (AvgIpc) is 3.23. The van der Waals surface area contributed by atoms with Crippen molar-refractivity contribution in [2.45, 2.75) is 6.92 Å². The van der Waals surface area contributed by atoms with Crippen LogP contribution in [0.25, 0.3) is 17.0 Å². The Morgan fingerprint density at radius 3 is 2.75 bits per heavy atom. The minimum Gasteiger partial charge on any atom is -0.402 e. The van der Waals surface area contributed by atoms with Gasteiger partial charge in [0.2, 0.25) is 11.8 Å². The molecule has 2 heterocycles. The Morgan fingerprint density at radius 1 is 1.21 bits per heavy atom. The zero-order valence-electron chi connectivity index (χ0n) is 14.7. The van der Waals surface area contributed by atoms with E-state index in [2.05, 4.69) is 4.99 Å². The standard InChI is InChI=1S/C20H13N3O5/c1-12(24)22-11-14(16-7-2-3-8-18(16)22)10-17-20(25)28-19(21-17)13-5-4-6-15(9-13)23(26)27/h2-11H,1H3. The highest BCUT2D eigenvalue weighted by atomic mass is 16.6. The highest BCUT2D eigenvalue weighted by Gasteiger charge is 2.25. The lowest BCUT2D eigenvalue weighted by atomic mass is 10.1. The molecule has 0 saturated carbocycles. The summed E-state index contributed by atoms with van der Waals surface area (Å²) in [6, 6.07) is 13.0. The number of aliphatic imine (C=N–C) groups is 1. The average molecular weight is 375 g/mol. The first-order chi connectivity index (χ1) is 13.4. The summed E-state index contributed by atoms with van der Waals surface area (Å²) in [5.41, 5.74) is 1.61. The number of nitro groups is 1. The van der Waals surface area contributed by atoms with Crippen LogP contribution >= 0.6 is 0 Å². The molecule has 0 N–H and O–H groups in total. The molecule has 8 nitrogen and oxygen atoms in total. The van der Waals surface area contributed by atoms with E-state index in [1.54, 1.807) is 12.3 Å². The summed E-state index contributed by atoms with van der Waals surface area (Å²) in [7, 11) is 0. The van der Waals surface area contributed by atoms with E-state index < -0.39 is 10.9 Å². The van der Waals surface area contributed by atoms with Crippen molar-refractivity contribution in [3.05, 3.63) is 81.7 Å². The fraction of sp³-hybridized carbons (Fsp3) is 0.0500. The molecule has 0 bridgehead atoms. The van der Waals surface area contributed by atoms with E-state index in [0.29, 0.717) is 11.1 Å². The quantitative estimate of drug-likeness (QED) is 0.301. The van der Waals surface area contributed by atoms with Crippen molar-refractivity contribution < 1.29 is 19.2 Å². The van der Waals surface area contributed by atoms with Crippen molar-refractivity contribution in [2.75, 3.05) is 0 Å². The molecule has 0 fully saturated rings. The third-order valence-electron chi connectivity index (χ3n) is 4.30. The van der Waals surface area contributed by atoms with Crippen LogP contribution < -0.4 is 0 Å². The molecule has 0 atom stereocenters. The first-order valence-corrected chi connectivity index (χ1v) is 8.32. The van der Waals surface area contributed by atoms with Gasteiger partial charge in [0, 0.05) is 41.8 Å². The van der Waals surface area contributed by atoms with Crippen LogP contribution in [0.2, 0.25) is 0 Å². The van der Waals surface area contributed by atoms with Gasteiger partial charge in [-0.15, -0.1) is 0 Å². The van der Waals surface area contributed by atoms with Gasteiger partial charge in [-0.1, -0.05) is 24.3 Å². The van der Waals surface area contributed by atoms with Gasteiger partial charge in [0.1, 0.15) is 0 Å². The highest BCUT2D eigenvalue weighted by molar-refractivity contribution is 6.13. The monoisotopic (exact) mass is 375 g/mol. The Morgan fingerprint density at radius 2 is 2.00 bits per heavy atom. The van der Waals surface area contributed by atoms with Gasteiger partial charge >= 0.3 is 5.97 Å². The second-order valence-corrected chi connectivity index (χ2v) is 6.13. The third kappa shape index (κ3) is 2.96. The number of rotatable bonds is 3. The summed E-state index contributed by atoms with van der Waals surface area (Å²) in [6.45, 7) is 1.45. The zero-order valence-corrected chi connectivity index (χ0v) is 14.7. The Bertz CT molecular complexity index is 1220. The van der Waals surface area contributed by atoms with Gasteiger partial charge in [0.05, 0.1) is 10.4 Å². The number of hydrogen-bond acceptors (Lipinski definition) is 6. The fourth-order valence-corrected chi connectivity index (χ4v) is 3.01. The number of aromatic nitrogens is 1. The van der Waals surface area contributed by atoms with E-state index in [0.717, 1.165) is 10.9 Å². The van der Waals surface area contributed by atoms with Crippen LogP contribution in [0.3, 0.4) is 0 Å². The maximum absolute atomic E-state index is 12.2. The number of ether oxygens (including phenoxy) is 1. The van der Waals surface area contributed by atoms with E-state index in [4.69, 9.17) is 4.74 Å². The normalized spacial score (nSPS) is 15.0. The molecule has 1 aliphatic heterocycles. The number of benzene rings is 2. The second-order valence-electron chi connectivity index (χ2n) is 6.13. The number of fused-ring (bicyclic) bond motifs is 1. The SMILES string of the molecule is CC(=O)n1cc(C=C2N=C(c3cccc([N+](=O)[O-])c3)OC2=O)c2ccccc21. The molecule has 1 aliphatic rings. The van der Waals surface area contributed by atoms with Crippen LogP contribution in [0.5, 0.6) is 0 Å². The van der Waals surface area contributed by atoms with E-state index in [1.807, 2.05) is 24.3 Å². The van der Waals surface area contributed by atoms with Gasteiger partial charge in [-0.3, -0.25) is 19.5 Å². The minimum absolute atomic E-state index is 0.00439. The number of nitro benzene ring substituents is 1. The van der Waals surface area contributed by atoms with Crippen LogP contribution in [-0.2, 0) is 9.53 Å². The molecule has 28 heavy (non-hydrogen) atoms. The Balaban J connectivity index is 1.78.